The molecule has 0 spiro atoms. The van der Waals surface area contributed by atoms with Gasteiger partial charge in [0.05, 0.1) is 36.4 Å². The van der Waals surface area contributed by atoms with Gasteiger partial charge in [-0.1, -0.05) is 79.9 Å². The quantitative estimate of drug-likeness (QED) is 0.321. The number of benzene rings is 2. The van der Waals surface area contributed by atoms with Gasteiger partial charge in [-0.2, -0.15) is 0 Å². The van der Waals surface area contributed by atoms with Crippen LogP contribution in [-0.2, 0) is 62.0 Å². The first-order valence-electron chi connectivity index (χ1n) is 16.1. The molecule has 9 rings (SSSR count). The highest BCUT2D eigenvalue weighted by atomic mass is 32.2. The van der Waals surface area contributed by atoms with E-state index in [-0.39, 0.29) is 23.4 Å². The summed E-state index contributed by atoms with van der Waals surface area (Å²) in [5, 5.41) is -0.869. The van der Waals surface area contributed by atoms with Crippen LogP contribution >= 0.6 is 11.8 Å². The summed E-state index contributed by atoms with van der Waals surface area (Å²) < 4.78 is 58.8. The maximum absolute atomic E-state index is 13.7. The minimum Gasteiger partial charge on any atom is -0.458 e. The molecule has 2 aromatic rings. The average molecular weight is 659 g/mol. The molecule has 11 atom stereocenters. The normalized spacial score (nSPS) is 37.8. The molecular weight excluding hydrogens is 616 g/mol. The van der Waals surface area contributed by atoms with Gasteiger partial charge in [0.25, 0.3) is 0 Å². The second-order valence-electron chi connectivity index (χ2n) is 12.5. The van der Waals surface area contributed by atoms with Crippen LogP contribution in [0.15, 0.2) is 60.7 Å². The maximum Gasteiger partial charge on any atom is 0.303 e. The molecule has 1 saturated carbocycles. The zero-order valence-corrected chi connectivity index (χ0v) is 27.1. The van der Waals surface area contributed by atoms with Gasteiger partial charge in [-0.25, -0.2) is 0 Å². The van der Waals surface area contributed by atoms with Gasteiger partial charge in [0.1, 0.15) is 35.8 Å². The Hall–Kier alpha value is -1.83. The fraction of sp³-hybridized carbons (Fsp3) is 0.618. The van der Waals surface area contributed by atoms with Crippen molar-refractivity contribution in [3.63, 3.8) is 0 Å². The molecule has 6 aliphatic heterocycles. The van der Waals surface area contributed by atoms with Crippen molar-refractivity contribution in [1.82, 2.24) is 0 Å². The SMILES string of the molecule is CC(=O)O[C@@H]1[C@H](OCc2ccccc2)[C@H]2CS[C@@H]1[C@H](O[C@H]1[C@H](OCc3ccccc3)[C@H]3C[S@@](=O)[C@@H]1[C@H](OC1CCCCC1)O3)O2. The lowest BCUT2D eigenvalue weighted by Crippen LogP contribution is -2.70. The predicted molar refractivity (Wildman–Crippen MR) is 169 cm³/mol. The van der Waals surface area contributed by atoms with Crippen molar-refractivity contribution in [2.24, 2.45) is 0 Å². The lowest BCUT2D eigenvalue weighted by atomic mass is 9.96. The molecule has 1 aliphatic carbocycles. The fourth-order valence-electron chi connectivity index (χ4n) is 7.14. The van der Waals surface area contributed by atoms with E-state index in [2.05, 4.69) is 0 Å². The molecule has 0 amide bonds. The Morgan fingerprint density at radius 2 is 1.42 bits per heavy atom. The third-order valence-corrected chi connectivity index (χ3v) is 12.5. The van der Waals surface area contributed by atoms with Crippen LogP contribution in [0.5, 0.6) is 0 Å². The smallest absolute Gasteiger partial charge is 0.303 e. The highest BCUT2D eigenvalue weighted by molar-refractivity contribution is 8.00. The number of carbonyl (C=O) groups excluding carboxylic acids is 1. The highest BCUT2D eigenvalue weighted by Gasteiger charge is 2.60. The van der Waals surface area contributed by atoms with Crippen molar-refractivity contribution in [3.05, 3.63) is 71.8 Å². The minimum atomic E-state index is -1.24. The highest BCUT2D eigenvalue weighted by Crippen LogP contribution is 2.45. The molecule has 4 bridgehead atoms. The second-order valence-corrected chi connectivity index (χ2v) is 15.3. The third kappa shape index (κ3) is 7.21. The Labute approximate surface area is 271 Å². The molecule has 11 heteroatoms. The number of ether oxygens (including phenoxy) is 7. The zero-order valence-electron chi connectivity index (χ0n) is 25.5. The lowest BCUT2D eigenvalue weighted by molar-refractivity contribution is -0.320. The van der Waals surface area contributed by atoms with Crippen LogP contribution in [0.25, 0.3) is 0 Å². The van der Waals surface area contributed by atoms with E-state index in [9.17, 15) is 9.00 Å². The van der Waals surface area contributed by atoms with Crippen LogP contribution < -0.4 is 0 Å². The number of carbonyl (C=O) groups is 1. The number of hydrogen-bond donors (Lipinski definition) is 0. The summed E-state index contributed by atoms with van der Waals surface area (Å²) >= 11 is 1.66. The van der Waals surface area contributed by atoms with Gasteiger partial charge in [0, 0.05) is 23.5 Å². The Morgan fingerprint density at radius 1 is 0.800 bits per heavy atom. The maximum atomic E-state index is 13.7. The fourth-order valence-corrected chi connectivity index (χ4v) is 10.2. The largest absolute Gasteiger partial charge is 0.458 e. The zero-order chi connectivity index (χ0) is 30.8. The summed E-state index contributed by atoms with van der Waals surface area (Å²) in [6.45, 7) is 2.17. The number of rotatable bonds is 11. The van der Waals surface area contributed by atoms with E-state index in [1.807, 2.05) is 60.7 Å². The first-order chi connectivity index (χ1) is 22.0. The van der Waals surface area contributed by atoms with E-state index < -0.39 is 59.1 Å². The topological polar surface area (TPSA) is 98.8 Å². The summed E-state index contributed by atoms with van der Waals surface area (Å²) in [4.78, 5) is 12.3. The van der Waals surface area contributed by atoms with Crippen molar-refractivity contribution in [2.75, 3.05) is 11.5 Å². The Kier molecular flexibility index (Phi) is 10.2. The van der Waals surface area contributed by atoms with E-state index in [0.717, 1.165) is 36.8 Å². The Balaban J connectivity index is 1.11. The molecule has 0 unspecified atom stereocenters. The molecule has 244 valence electrons. The van der Waals surface area contributed by atoms with Gasteiger partial charge in [-0.15, -0.1) is 11.8 Å². The molecule has 0 radical (unpaired) electrons. The first-order valence-corrected chi connectivity index (χ1v) is 18.6. The van der Waals surface area contributed by atoms with Crippen molar-refractivity contribution in [2.45, 2.75) is 118 Å². The summed E-state index contributed by atoms with van der Waals surface area (Å²) in [5.41, 5.74) is 2.06. The number of thioether (sulfide) groups is 1. The van der Waals surface area contributed by atoms with Gasteiger partial charge >= 0.3 is 5.97 Å². The predicted octanol–water partition coefficient (Wildman–Crippen LogP) is 4.52. The van der Waals surface area contributed by atoms with E-state index >= 15 is 0 Å². The number of fused-ring (bicyclic) bond motifs is 6. The van der Waals surface area contributed by atoms with Gasteiger partial charge in [0.2, 0.25) is 0 Å². The van der Waals surface area contributed by atoms with E-state index in [1.165, 1.54) is 13.3 Å². The van der Waals surface area contributed by atoms with Crippen molar-refractivity contribution in [1.29, 1.82) is 0 Å². The summed E-state index contributed by atoms with van der Waals surface area (Å²) in [6.07, 6.45) is 1.28. The average Bonchev–Trinajstić information content (AvgIpc) is 3.05. The molecular formula is C34H42O9S2. The van der Waals surface area contributed by atoms with Crippen LogP contribution in [0.1, 0.15) is 50.2 Å². The molecule has 2 aromatic carbocycles. The summed E-state index contributed by atoms with van der Waals surface area (Å²) in [6, 6.07) is 19.9. The first kappa shape index (κ1) is 31.8. The Morgan fingerprint density at radius 3 is 2.07 bits per heavy atom. The molecule has 6 saturated heterocycles. The van der Waals surface area contributed by atoms with E-state index in [4.69, 9.17) is 33.2 Å². The van der Waals surface area contributed by atoms with Crippen LogP contribution in [0.2, 0.25) is 0 Å². The number of hydrogen-bond acceptors (Lipinski definition) is 10. The molecule has 9 nitrogen and oxygen atoms in total. The molecule has 6 heterocycles. The van der Waals surface area contributed by atoms with Gasteiger partial charge in [-0.3, -0.25) is 9.00 Å². The van der Waals surface area contributed by atoms with Gasteiger partial charge < -0.3 is 33.2 Å². The van der Waals surface area contributed by atoms with Crippen molar-refractivity contribution >= 4 is 28.5 Å². The molecule has 0 aromatic heterocycles. The third-order valence-electron chi connectivity index (χ3n) is 9.31. The molecule has 7 aliphatic rings. The van der Waals surface area contributed by atoms with E-state index in [1.54, 1.807) is 11.8 Å². The standard InChI is InChI=1S/C34H42O9S2/c1-21(35)39-29-27(37-17-22-11-5-2-6-12-22)25-19-44-31(29)33(41-25)43-30-28(38-18-23-13-7-3-8-14-23)26-20-45(36)32(30)34(42-26)40-24-15-9-4-10-16-24/h2-3,5-8,11-14,24-34H,4,9-10,15-20H2,1H3/t25-,26-,27-,28-,29-,30+,31+,32+,33+,34-,45-/m1/s1. The number of esters is 1. The Bertz CT molecular complexity index is 1290. The monoisotopic (exact) mass is 658 g/mol. The molecule has 7 fully saturated rings. The summed E-state index contributed by atoms with van der Waals surface area (Å²) in [5.74, 6) is 0.678. The van der Waals surface area contributed by atoms with Gasteiger partial charge in [0.15, 0.2) is 12.6 Å². The van der Waals surface area contributed by atoms with Crippen LogP contribution in [0, 0.1) is 0 Å². The van der Waals surface area contributed by atoms with Crippen molar-refractivity contribution < 1.29 is 42.2 Å². The summed E-state index contributed by atoms with van der Waals surface area (Å²) in [7, 11) is -1.24. The van der Waals surface area contributed by atoms with E-state index in [0.29, 0.717) is 24.7 Å². The van der Waals surface area contributed by atoms with Crippen LogP contribution in [0.3, 0.4) is 0 Å². The second kappa shape index (κ2) is 14.5. The molecule has 45 heavy (non-hydrogen) atoms. The van der Waals surface area contributed by atoms with Gasteiger partial charge in [-0.05, 0) is 24.0 Å². The minimum absolute atomic E-state index is 0.0813. The lowest BCUT2D eigenvalue weighted by Gasteiger charge is -2.54. The van der Waals surface area contributed by atoms with Crippen molar-refractivity contribution in [3.8, 4) is 0 Å². The van der Waals surface area contributed by atoms with Crippen LogP contribution in [0.4, 0.5) is 0 Å². The van der Waals surface area contributed by atoms with Crippen LogP contribution in [-0.4, -0.2) is 87.5 Å². The molecule has 0 N–H and O–H groups in total.